The van der Waals surface area contributed by atoms with Crippen molar-refractivity contribution in [3.8, 4) is 0 Å². The minimum Gasteiger partial charge on any atom is -0.372 e. The second-order valence-electron chi connectivity index (χ2n) is 5.06. The van der Waals surface area contributed by atoms with Crippen molar-refractivity contribution in [2.75, 3.05) is 20.2 Å². The molecular formula is C15H22N3O3+. The number of carbonyl (C=O) groups excluding carboxylic acids is 2. The van der Waals surface area contributed by atoms with Crippen LogP contribution in [0.15, 0.2) is 30.3 Å². The van der Waals surface area contributed by atoms with Gasteiger partial charge in [-0.2, -0.15) is 0 Å². The lowest BCUT2D eigenvalue weighted by atomic mass is 10.1. The number of rotatable bonds is 5. The van der Waals surface area contributed by atoms with Crippen LogP contribution in [-0.2, 0) is 9.53 Å². The van der Waals surface area contributed by atoms with E-state index < -0.39 is 12.1 Å². The summed E-state index contributed by atoms with van der Waals surface area (Å²) in [5.74, 6) is -0.321. The van der Waals surface area contributed by atoms with Gasteiger partial charge in [0.15, 0.2) is 6.04 Å². The number of urea groups is 1. The number of ether oxygens (including phenoxy) is 1. The van der Waals surface area contributed by atoms with Crippen LogP contribution in [-0.4, -0.2) is 38.2 Å². The molecule has 4 N–H and O–H groups in total. The Labute approximate surface area is 124 Å². The molecule has 2 rings (SSSR count). The van der Waals surface area contributed by atoms with Crippen LogP contribution in [0.25, 0.3) is 0 Å². The Morgan fingerprint density at radius 1 is 1.38 bits per heavy atom. The first-order valence-corrected chi connectivity index (χ1v) is 7.23. The van der Waals surface area contributed by atoms with Crippen LogP contribution in [0.3, 0.4) is 0 Å². The summed E-state index contributed by atoms with van der Waals surface area (Å²) in [6, 6.07) is 8.50. The second-order valence-corrected chi connectivity index (χ2v) is 5.06. The fourth-order valence-electron chi connectivity index (χ4n) is 2.43. The molecule has 1 fully saturated rings. The Hall–Kier alpha value is -1.92. The normalized spacial score (nSPS) is 19.0. The predicted molar refractivity (Wildman–Crippen MR) is 77.5 cm³/mol. The Bertz CT molecular complexity index is 472. The molecule has 114 valence electrons. The van der Waals surface area contributed by atoms with E-state index in [1.54, 1.807) is 0 Å². The van der Waals surface area contributed by atoms with Crippen LogP contribution in [0, 0.1) is 0 Å². The molecule has 6 nitrogen and oxygen atoms in total. The zero-order chi connectivity index (χ0) is 15.1. The third kappa shape index (κ3) is 4.54. The number of imide groups is 1. The lowest BCUT2D eigenvalue weighted by Gasteiger charge is -2.17. The van der Waals surface area contributed by atoms with Gasteiger partial charge >= 0.3 is 6.03 Å². The average molecular weight is 292 g/mol. The molecule has 3 amide bonds. The van der Waals surface area contributed by atoms with Crippen LogP contribution >= 0.6 is 0 Å². The summed E-state index contributed by atoms with van der Waals surface area (Å²) in [4.78, 5) is 23.6. The van der Waals surface area contributed by atoms with E-state index in [-0.39, 0.29) is 12.0 Å². The highest BCUT2D eigenvalue weighted by Gasteiger charge is 2.27. The van der Waals surface area contributed by atoms with Crippen molar-refractivity contribution < 1.29 is 19.6 Å². The molecule has 1 aliphatic heterocycles. The molecule has 1 aliphatic rings. The standard InChI is InChI=1S/C15H21N3O3/c1-16-15(20)18-14(19)13(11-6-3-2-4-7-11)17-10-12-8-5-9-21-12/h2-4,6-7,12-13,17H,5,8-10H2,1H3,(H2,16,18,19,20)/p+1/t12-,13-/m1/s1. The van der Waals surface area contributed by atoms with Crippen LogP contribution < -0.4 is 16.0 Å². The van der Waals surface area contributed by atoms with Crippen molar-refractivity contribution in [3.63, 3.8) is 0 Å². The zero-order valence-corrected chi connectivity index (χ0v) is 12.2. The molecule has 6 heteroatoms. The largest absolute Gasteiger partial charge is 0.372 e. The van der Waals surface area contributed by atoms with Gasteiger partial charge in [-0.1, -0.05) is 30.3 Å². The molecule has 21 heavy (non-hydrogen) atoms. The molecule has 0 unspecified atom stereocenters. The van der Waals surface area contributed by atoms with Crippen molar-refractivity contribution in [3.05, 3.63) is 35.9 Å². The van der Waals surface area contributed by atoms with E-state index in [0.29, 0.717) is 6.54 Å². The predicted octanol–water partition coefficient (Wildman–Crippen LogP) is -0.0743. The van der Waals surface area contributed by atoms with Gasteiger partial charge in [-0.25, -0.2) is 4.79 Å². The van der Waals surface area contributed by atoms with Crippen molar-refractivity contribution in [2.24, 2.45) is 0 Å². The third-order valence-electron chi connectivity index (χ3n) is 3.56. The molecule has 0 aromatic heterocycles. The Morgan fingerprint density at radius 3 is 2.76 bits per heavy atom. The smallest absolute Gasteiger partial charge is 0.321 e. The van der Waals surface area contributed by atoms with E-state index in [9.17, 15) is 9.59 Å². The first-order valence-electron chi connectivity index (χ1n) is 7.23. The summed E-state index contributed by atoms with van der Waals surface area (Å²) >= 11 is 0. The van der Waals surface area contributed by atoms with Crippen LogP contribution in [0.2, 0.25) is 0 Å². The SMILES string of the molecule is CNC(=O)NC(=O)[C@H]([NH2+]C[C@H]1CCCO1)c1ccccc1. The lowest BCUT2D eigenvalue weighted by molar-refractivity contribution is -0.688. The fraction of sp³-hybridized carbons (Fsp3) is 0.467. The molecule has 1 aromatic carbocycles. The van der Waals surface area contributed by atoms with Crippen molar-refractivity contribution in [1.82, 2.24) is 10.6 Å². The van der Waals surface area contributed by atoms with Crippen molar-refractivity contribution in [1.29, 1.82) is 0 Å². The maximum Gasteiger partial charge on any atom is 0.321 e. The number of carbonyl (C=O) groups is 2. The van der Waals surface area contributed by atoms with Crippen molar-refractivity contribution in [2.45, 2.75) is 25.0 Å². The molecule has 1 saturated heterocycles. The minimum absolute atomic E-state index is 0.184. The van der Waals surface area contributed by atoms with Crippen LogP contribution in [0.1, 0.15) is 24.4 Å². The summed E-state index contributed by atoms with van der Waals surface area (Å²) in [7, 11) is 1.48. The monoisotopic (exact) mass is 292 g/mol. The number of hydrogen-bond donors (Lipinski definition) is 3. The van der Waals surface area contributed by atoms with Gasteiger partial charge in [0.05, 0.1) is 0 Å². The summed E-state index contributed by atoms with van der Waals surface area (Å²) in [6.07, 6.45) is 2.28. The van der Waals surface area contributed by atoms with Gasteiger partial charge in [-0.05, 0) is 12.8 Å². The number of benzene rings is 1. The lowest BCUT2D eigenvalue weighted by Crippen LogP contribution is -2.89. The number of nitrogens with two attached hydrogens (primary N) is 1. The van der Waals surface area contributed by atoms with E-state index >= 15 is 0 Å². The third-order valence-corrected chi connectivity index (χ3v) is 3.56. The van der Waals surface area contributed by atoms with E-state index in [2.05, 4.69) is 10.6 Å². The summed E-state index contributed by atoms with van der Waals surface area (Å²) in [6.45, 7) is 1.50. The van der Waals surface area contributed by atoms with E-state index in [4.69, 9.17) is 4.74 Å². The highest BCUT2D eigenvalue weighted by atomic mass is 16.5. The molecule has 2 atom stereocenters. The number of nitrogens with one attached hydrogen (secondary N) is 2. The van der Waals surface area contributed by atoms with Gasteiger partial charge in [0.1, 0.15) is 12.6 Å². The molecule has 0 aliphatic carbocycles. The quantitative estimate of drug-likeness (QED) is 0.710. The fourth-order valence-corrected chi connectivity index (χ4v) is 2.43. The van der Waals surface area contributed by atoms with Gasteiger partial charge in [0.2, 0.25) is 0 Å². The van der Waals surface area contributed by atoms with Gasteiger partial charge in [0.25, 0.3) is 5.91 Å². The van der Waals surface area contributed by atoms with Gasteiger partial charge < -0.3 is 15.4 Å². The Morgan fingerprint density at radius 2 is 2.14 bits per heavy atom. The first-order chi connectivity index (χ1) is 10.2. The van der Waals surface area contributed by atoms with Gasteiger partial charge in [-0.3, -0.25) is 10.1 Å². The van der Waals surface area contributed by atoms with Gasteiger partial charge in [0, 0.05) is 19.2 Å². The minimum atomic E-state index is -0.494. The van der Waals surface area contributed by atoms with E-state index in [1.807, 2.05) is 35.6 Å². The summed E-state index contributed by atoms with van der Waals surface area (Å²) in [5, 5.41) is 6.67. The number of quaternary nitrogens is 1. The van der Waals surface area contributed by atoms with Crippen LogP contribution in [0.4, 0.5) is 4.79 Å². The van der Waals surface area contributed by atoms with E-state index in [1.165, 1.54) is 7.05 Å². The molecule has 0 spiro atoms. The highest BCUT2D eigenvalue weighted by molar-refractivity contribution is 5.96. The zero-order valence-electron chi connectivity index (χ0n) is 12.2. The molecule has 1 aromatic rings. The van der Waals surface area contributed by atoms with Gasteiger partial charge in [-0.15, -0.1) is 0 Å². The molecule has 0 bridgehead atoms. The van der Waals surface area contributed by atoms with Crippen molar-refractivity contribution >= 4 is 11.9 Å². The number of amides is 3. The molecule has 0 radical (unpaired) electrons. The maximum atomic E-state index is 12.3. The number of hydrogen-bond acceptors (Lipinski definition) is 3. The van der Waals surface area contributed by atoms with Crippen LogP contribution in [0.5, 0.6) is 0 Å². The summed E-state index contributed by atoms with van der Waals surface area (Å²) < 4.78 is 5.58. The second kappa shape index (κ2) is 7.75. The maximum absolute atomic E-state index is 12.3. The highest BCUT2D eigenvalue weighted by Crippen LogP contribution is 2.11. The topological polar surface area (TPSA) is 84.0 Å². The molecule has 0 saturated carbocycles. The molecular weight excluding hydrogens is 270 g/mol. The first kappa shape index (κ1) is 15.5. The average Bonchev–Trinajstić information content (AvgIpc) is 3.01. The Balaban J connectivity index is 2.02. The van der Waals surface area contributed by atoms with E-state index in [0.717, 1.165) is 25.0 Å². The Kier molecular flexibility index (Phi) is 5.71. The summed E-state index contributed by atoms with van der Waals surface area (Å²) in [5.41, 5.74) is 0.872. The molecule has 1 heterocycles.